The fourth-order valence-corrected chi connectivity index (χ4v) is 6.75. The summed E-state index contributed by atoms with van der Waals surface area (Å²) in [7, 11) is 0. The molecule has 0 radical (unpaired) electrons. The molecule has 0 spiro atoms. The molecule has 0 amide bonds. The Balaban J connectivity index is 1.76. The van der Waals surface area contributed by atoms with Crippen LogP contribution in [0.4, 0.5) is 0 Å². The predicted octanol–water partition coefficient (Wildman–Crippen LogP) is 6.73. The van der Waals surface area contributed by atoms with Crippen molar-refractivity contribution in [2.24, 2.45) is 22.7 Å². The van der Waals surface area contributed by atoms with E-state index in [1.165, 1.54) is 44.1 Å². The van der Waals surface area contributed by atoms with Gasteiger partial charge in [-0.25, -0.2) is 0 Å². The summed E-state index contributed by atoms with van der Waals surface area (Å²) in [4.78, 5) is 0. The highest BCUT2D eigenvalue weighted by molar-refractivity contribution is 5.30. The van der Waals surface area contributed by atoms with Crippen molar-refractivity contribution >= 4 is 0 Å². The Bertz CT molecular complexity index is 652. The van der Waals surface area contributed by atoms with Crippen molar-refractivity contribution in [3.63, 3.8) is 0 Å². The second kappa shape index (κ2) is 9.10. The van der Waals surface area contributed by atoms with E-state index < -0.39 is 12.2 Å². The number of allylic oxidation sites excluding steroid dienone is 4. The molecule has 3 rings (SSSR count). The number of unbranched alkanes of at least 4 members (excludes halogenated alkanes) is 1. The molecule has 5 atom stereocenters. The van der Waals surface area contributed by atoms with Gasteiger partial charge in [0.2, 0.25) is 0 Å². The zero-order chi connectivity index (χ0) is 21.2. The van der Waals surface area contributed by atoms with Crippen LogP contribution in [-0.2, 0) is 0 Å². The average molecular weight is 401 g/mol. The highest BCUT2D eigenvalue weighted by Gasteiger charge is 2.53. The van der Waals surface area contributed by atoms with Crippen molar-refractivity contribution in [1.29, 1.82) is 0 Å². The van der Waals surface area contributed by atoms with Gasteiger partial charge in [0.05, 0.1) is 12.2 Å². The van der Waals surface area contributed by atoms with Crippen LogP contribution in [-0.4, -0.2) is 22.4 Å². The first-order valence-corrected chi connectivity index (χ1v) is 12.2. The summed E-state index contributed by atoms with van der Waals surface area (Å²) in [6.45, 7) is 12.0. The minimum Gasteiger partial charge on any atom is -0.388 e. The monoisotopic (exact) mass is 400 g/mol. The van der Waals surface area contributed by atoms with Crippen LogP contribution >= 0.6 is 0 Å². The maximum Gasteiger partial charge on any atom is 0.0812 e. The molecule has 0 aromatic carbocycles. The van der Waals surface area contributed by atoms with Gasteiger partial charge in [-0.05, 0) is 79.6 Å². The van der Waals surface area contributed by atoms with Gasteiger partial charge < -0.3 is 10.2 Å². The number of rotatable bonds is 5. The lowest BCUT2D eigenvalue weighted by Gasteiger charge is -2.48. The second-order valence-electron chi connectivity index (χ2n) is 10.9. The number of hydrogen-bond acceptors (Lipinski definition) is 2. The molecule has 3 saturated carbocycles. The van der Waals surface area contributed by atoms with Crippen molar-refractivity contribution in [3.05, 3.63) is 34.9 Å². The highest BCUT2D eigenvalue weighted by atomic mass is 16.3. The first-order valence-electron chi connectivity index (χ1n) is 12.2. The summed E-state index contributed by atoms with van der Waals surface area (Å²) >= 11 is 0. The fourth-order valence-electron chi connectivity index (χ4n) is 6.75. The van der Waals surface area contributed by atoms with Crippen LogP contribution in [0.3, 0.4) is 0 Å². The number of fused-ring (bicyclic) bond motifs is 1. The van der Waals surface area contributed by atoms with Crippen LogP contribution in [0.15, 0.2) is 34.9 Å². The average Bonchev–Trinajstić information content (AvgIpc) is 3.04. The molecule has 0 bridgehead atoms. The maximum absolute atomic E-state index is 10.5. The molecule has 3 aliphatic carbocycles. The third kappa shape index (κ3) is 4.59. The molecule has 2 N–H and O–H groups in total. The SMILES string of the molecule is CCCC=C1[C@H](O)CC(=C/C=C2\CCC[C@]3(C)C(C(C)(C)CC)CC[C@@H]23)C[C@H]1O. The summed E-state index contributed by atoms with van der Waals surface area (Å²) in [5.74, 6) is 1.52. The lowest BCUT2D eigenvalue weighted by atomic mass is 9.57. The van der Waals surface area contributed by atoms with Crippen molar-refractivity contribution in [3.8, 4) is 0 Å². The van der Waals surface area contributed by atoms with Gasteiger partial charge in [-0.2, -0.15) is 0 Å². The Hall–Kier alpha value is -0.860. The van der Waals surface area contributed by atoms with E-state index in [-0.39, 0.29) is 0 Å². The lowest BCUT2D eigenvalue weighted by molar-refractivity contribution is 0.0435. The number of aliphatic hydroxyl groups is 2. The third-order valence-corrected chi connectivity index (χ3v) is 8.70. The van der Waals surface area contributed by atoms with Crippen molar-refractivity contribution in [1.82, 2.24) is 0 Å². The summed E-state index contributed by atoms with van der Waals surface area (Å²) in [6.07, 6.45) is 16.8. The van der Waals surface area contributed by atoms with Gasteiger partial charge in [-0.15, -0.1) is 0 Å². The molecular formula is C27H44O2. The molecular weight excluding hydrogens is 356 g/mol. The largest absolute Gasteiger partial charge is 0.388 e. The molecule has 0 heterocycles. The lowest BCUT2D eigenvalue weighted by Crippen LogP contribution is -2.39. The van der Waals surface area contributed by atoms with Crippen molar-refractivity contribution in [2.75, 3.05) is 0 Å². The van der Waals surface area contributed by atoms with Gasteiger partial charge in [0.25, 0.3) is 0 Å². The Labute approximate surface area is 179 Å². The Morgan fingerprint density at radius 3 is 2.38 bits per heavy atom. The standard InChI is InChI=1S/C27H44O2/c1-6-8-11-21-23(28)17-19(18-24(21)29)12-13-20-10-9-16-27(5)22(20)14-15-25(27)26(3,4)7-2/h11-13,22-25,28-29H,6-10,14-18H2,1-5H3/b19-12?,20-13+,21-11?/t22-,23+,24+,25?,27-/m0/s1. The molecule has 29 heavy (non-hydrogen) atoms. The highest BCUT2D eigenvalue weighted by Crippen LogP contribution is 2.62. The molecule has 0 aromatic heterocycles. The molecule has 0 aliphatic heterocycles. The topological polar surface area (TPSA) is 40.5 Å². The first-order chi connectivity index (χ1) is 13.7. The summed E-state index contributed by atoms with van der Waals surface area (Å²) in [6, 6.07) is 0. The minimum atomic E-state index is -0.521. The molecule has 0 saturated heterocycles. The zero-order valence-electron chi connectivity index (χ0n) is 19.5. The first kappa shape index (κ1) is 22.8. The van der Waals surface area contributed by atoms with Crippen LogP contribution in [0.5, 0.6) is 0 Å². The summed E-state index contributed by atoms with van der Waals surface area (Å²) < 4.78 is 0. The van der Waals surface area contributed by atoms with E-state index in [0.717, 1.165) is 24.3 Å². The van der Waals surface area contributed by atoms with Crippen LogP contribution in [0.1, 0.15) is 98.8 Å². The maximum atomic E-state index is 10.5. The second-order valence-corrected chi connectivity index (χ2v) is 10.9. The summed E-state index contributed by atoms with van der Waals surface area (Å²) in [5, 5.41) is 21.1. The van der Waals surface area contributed by atoms with Gasteiger partial charge >= 0.3 is 0 Å². The molecule has 2 nitrogen and oxygen atoms in total. The fraction of sp³-hybridized carbons (Fsp3) is 0.778. The molecule has 3 aliphatic rings. The molecule has 2 heteroatoms. The Kier molecular flexibility index (Phi) is 7.16. The molecule has 164 valence electrons. The molecule has 0 aromatic rings. The number of hydrogen-bond donors (Lipinski definition) is 2. The Morgan fingerprint density at radius 1 is 1.07 bits per heavy atom. The number of aliphatic hydroxyl groups excluding tert-OH is 2. The van der Waals surface area contributed by atoms with Crippen LogP contribution in [0.25, 0.3) is 0 Å². The Morgan fingerprint density at radius 2 is 1.76 bits per heavy atom. The van der Waals surface area contributed by atoms with E-state index in [0.29, 0.717) is 29.6 Å². The minimum absolute atomic E-state index is 0.420. The quantitative estimate of drug-likeness (QED) is 0.502. The third-order valence-electron chi connectivity index (χ3n) is 8.70. The molecule has 1 unspecified atom stereocenters. The van der Waals surface area contributed by atoms with E-state index in [2.05, 4.69) is 46.8 Å². The van der Waals surface area contributed by atoms with E-state index in [4.69, 9.17) is 0 Å². The van der Waals surface area contributed by atoms with Crippen molar-refractivity contribution < 1.29 is 10.2 Å². The predicted molar refractivity (Wildman–Crippen MR) is 123 cm³/mol. The molecule has 3 fully saturated rings. The van der Waals surface area contributed by atoms with Gasteiger partial charge in [0.1, 0.15) is 0 Å². The van der Waals surface area contributed by atoms with Crippen LogP contribution in [0, 0.1) is 22.7 Å². The van der Waals surface area contributed by atoms with Gasteiger partial charge in [0.15, 0.2) is 0 Å². The van der Waals surface area contributed by atoms with E-state index in [1.807, 2.05) is 6.08 Å². The van der Waals surface area contributed by atoms with E-state index in [9.17, 15) is 10.2 Å². The summed E-state index contributed by atoms with van der Waals surface area (Å²) in [5.41, 5.74) is 4.51. The van der Waals surface area contributed by atoms with E-state index >= 15 is 0 Å². The van der Waals surface area contributed by atoms with Crippen LogP contribution in [0.2, 0.25) is 0 Å². The van der Waals surface area contributed by atoms with Gasteiger partial charge in [0, 0.05) is 0 Å². The van der Waals surface area contributed by atoms with Gasteiger partial charge in [-0.1, -0.05) is 76.8 Å². The van der Waals surface area contributed by atoms with Gasteiger partial charge in [-0.3, -0.25) is 0 Å². The van der Waals surface area contributed by atoms with Crippen LogP contribution < -0.4 is 0 Å². The zero-order valence-corrected chi connectivity index (χ0v) is 19.5. The smallest absolute Gasteiger partial charge is 0.0812 e. The normalized spacial score (nSPS) is 37.0. The van der Waals surface area contributed by atoms with E-state index in [1.54, 1.807) is 5.57 Å². The van der Waals surface area contributed by atoms with Crippen molar-refractivity contribution in [2.45, 2.75) is 111 Å².